The zero-order valence-corrected chi connectivity index (χ0v) is 11.2. The van der Waals surface area contributed by atoms with Crippen molar-refractivity contribution in [1.82, 2.24) is 5.32 Å². The standard InChI is InChI=1S/C13H27N3O/c1-3-4-9-15-12(14)16-10-13(2)8-6-5-7-11(13)17/h11,17H,3-10H2,1-2H3,(H3,14,15,16). The first-order valence-electron chi connectivity index (χ1n) is 6.80. The van der Waals surface area contributed by atoms with Crippen molar-refractivity contribution in [3.8, 4) is 0 Å². The Morgan fingerprint density at radius 2 is 2.29 bits per heavy atom. The summed E-state index contributed by atoms with van der Waals surface area (Å²) in [5.74, 6) is 0.512. The van der Waals surface area contributed by atoms with E-state index in [4.69, 9.17) is 5.73 Å². The Morgan fingerprint density at radius 3 is 2.94 bits per heavy atom. The fourth-order valence-corrected chi connectivity index (χ4v) is 2.28. The first-order valence-corrected chi connectivity index (χ1v) is 6.80. The molecule has 0 radical (unpaired) electrons. The third kappa shape index (κ3) is 4.54. The Labute approximate surface area is 105 Å². The van der Waals surface area contributed by atoms with E-state index in [1.54, 1.807) is 0 Å². The van der Waals surface area contributed by atoms with E-state index in [2.05, 4.69) is 24.2 Å². The summed E-state index contributed by atoms with van der Waals surface area (Å²) in [4.78, 5) is 4.37. The van der Waals surface area contributed by atoms with Crippen molar-refractivity contribution in [2.45, 2.75) is 58.5 Å². The van der Waals surface area contributed by atoms with Gasteiger partial charge in [0.15, 0.2) is 5.96 Å². The van der Waals surface area contributed by atoms with Gasteiger partial charge >= 0.3 is 0 Å². The largest absolute Gasteiger partial charge is 0.392 e. The van der Waals surface area contributed by atoms with Gasteiger partial charge in [-0.3, -0.25) is 4.99 Å². The Kier molecular flexibility index (Phi) is 5.75. The van der Waals surface area contributed by atoms with Crippen molar-refractivity contribution < 1.29 is 5.11 Å². The Bertz CT molecular complexity index is 255. The molecule has 1 saturated carbocycles. The van der Waals surface area contributed by atoms with E-state index >= 15 is 0 Å². The van der Waals surface area contributed by atoms with E-state index in [9.17, 15) is 5.11 Å². The molecule has 1 aliphatic carbocycles. The zero-order valence-electron chi connectivity index (χ0n) is 11.2. The van der Waals surface area contributed by atoms with Crippen molar-refractivity contribution in [1.29, 1.82) is 0 Å². The number of aliphatic imine (C=N–C) groups is 1. The molecule has 1 aliphatic rings. The summed E-state index contributed by atoms with van der Waals surface area (Å²) in [6.45, 7) is 5.76. The first kappa shape index (κ1) is 14.3. The van der Waals surface area contributed by atoms with Gasteiger partial charge in [-0.2, -0.15) is 0 Å². The molecule has 0 aromatic heterocycles. The molecule has 100 valence electrons. The molecule has 2 unspecified atom stereocenters. The second-order valence-corrected chi connectivity index (χ2v) is 5.40. The molecule has 0 amide bonds. The predicted molar refractivity (Wildman–Crippen MR) is 72.0 cm³/mol. The SMILES string of the molecule is CCCCNC(N)=NCC1(C)CCCCC1O. The van der Waals surface area contributed by atoms with Crippen molar-refractivity contribution in [3.05, 3.63) is 0 Å². The van der Waals surface area contributed by atoms with Gasteiger partial charge in [0.05, 0.1) is 12.6 Å². The van der Waals surface area contributed by atoms with Crippen LogP contribution in [0, 0.1) is 5.41 Å². The third-order valence-corrected chi connectivity index (χ3v) is 3.73. The summed E-state index contributed by atoms with van der Waals surface area (Å²) >= 11 is 0. The molecule has 0 aliphatic heterocycles. The number of nitrogens with one attached hydrogen (secondary N) is 1. The van der Waals surface area contributed by atoms with Gasteiger partial charge in [-0.1, -0.05) is 33.1 Å². The highest BCUT2D eigenvalue weighted by atomic mass is 16.3. The summed E-state index contributed by atoms with van der Waals surface area (Å²) in [5, 5.41) is 13.1. The van der Waals surface area contributed by atoms with Gasteiger partial charge in [0, 0.05) is 12.0 Å². The second-order valence-electron chi connectivity index (χ2n) is 5.40. The lowest BCUT2D eigenvalue weighted by Crippen LogP contribution is -2.40. The van der Waals surface area contributed by atoms with E-state index in [0.717, 1.165) is 38.6 Å². The monoisotopic (exact) mass is 241 g/mol. The van der Waals surface area contributed by atoms with Crippen LogP contribution < -0.4 is 11.1 Å². The van der Waals surface area contributed by atoms with Crippen LogP contribution in [0.25, 0.3) is 0 Å². The van der Waals surface area contributed by atoms with Crippen LogP contribution in [0.5, 0.6) is 0 Å². The zero-order chi connectivity index (χ0) is 12.7. The molecule has 0 aromatic rings. The van der Waals surface area contributed by atoms with Crippen LogP contribution in [0.2, 0.25) is 0 Å². The lowest BCUT2D eigenvalue weighted by Gasteiger charge is -2.37. The fraction of sp³-hybridized carbons (Fsp3) is 0.923. The molecule has 0 spiro atoms. The van der Waals surface area contributed by atoms with Crippen LogP contribution >= 0.6 is 0 Å². The minimum absolute atomic E-state index is 0.0880. The van der Waals surface area contributed by atoms with E-state index in [1.165, 1.54) is 6.42 Å². The molecule has 1 fully saturated rings. The van der Waals surface area contributed by atoms with Gasteiger partial charge in [-0.15, -0.1) is 0 Å². The van der Waals surface area contributed by atoms with Crippen LogP contribution in [0.4, 0.5) is 0 Å². The maximum Gasteiger partial charge on any atom is 0.188 e. The molecule has 1 rings (SSSR count). The van der Waals surface area contributed by atoms with Crippen molar-refractivity contribution in [2.75, 3.05) is 13.1 Å². The molecule has 0 saturated heterocycles. The quantitative estimate of drug-likeness (QED) is 0.389. The molecule has 2 atom stereocenters. The molecule has 4 nitrogen and oxygen atoms in total. The van der Waals surface area contributed by atoms with Gasteiger partial charge in [0.25, 0.3) is 0 Å². The van der Waals surface area contributed by atoms with Gasteiger partial charge in [-0.25, -0.2) is 0 Å². The summed E-state index contributed by atoms with van der Waals surface area (Å²) in [5.41, 5.74) is 5.71. The maximum absolute atomic E-state index is 10.0. The maximum atomic E-state index is 10.0. The number of rotatable bonds is 5. The molecule has 17 heavy (non-hydrogen) atoms. The predicted octanol–water partition coefficient (Wildman–Crippen LogP) is 1.63. The minimum Gasteiger partial charge on any atom is -0.392 e. The van der Waals surface area contributed by atoms with Crippen molar-refractivity contribution >= 4 is 5.96 Å². The summed E-state index contributed by atoms with van der Waals surface area (Å²) in [7, 11) is 0. The smallest absolute Gasteiger partial charge is 0.188 e. The number of hydrogen-bond donors (Lipinski definition) is 3. The normalized spacial score (nSPS) is 30.3. The Morgan fingerprint density at radius 1 is 1.53 bits per heavy atom. The van der Waals surface area contributed by atoms with E-state index in [0.29, 0.717) is 12.5 Å². The van der Waals surface area contributed by atoms with Crippen LogP contribution in [-0.2, 0) is 0 Å². The molecule has 0 heterocycles. The lowest BCUT2D eigenvalue weighted by atomic mass is 9.73. The first-order chi connectivity index (χ1) is 8.08. The summed E-state index contributed by atoms with van der Waals surface area (Å²) < 4.78 is 0. The topological polar surface area (TPSA) is 70.6 Å². The van der Waals surface area contributed by atoms with E-state index in [1.807, 2.05) is 0 Å². The number of unbranched alkanes of at least 4 members (excludes halogenated alkanes) is 1. The Balaban J connectivity index is 2.38. The van der Waals surface area contributed by atoms with Crippen molar-refractivity contribution in [3.63, 3.8) is 0 Å². The second kappa shape index (κ2) is 6.84. The van der Waals surface area contributed by atoms with Gasteiger partial charge < -0.3 is 16.2 Å². The number of nitrogens with two attached hydrogens (primary N) is 1. The average Bonchev–Trinajstić information content (AvgIpc) is 2.31. The summed E-state index contributed by atoms with van der Waals surface area (Å²) in [6, 6.07) is 0. The lowest BCUT2D eigenvalue weighted by molar-refractivity contribution is 0.00719. The van der Waals surface area contributed by atoms with E-state index < -0.39 is 0 Å². The molecular formula is C13H27N3O. The number of aliphatic hydroxyl groups excluding tert-OH is 1. The summed E-state index contributed by atoms with van der Waals surface area (Å²) in [6.07, 6.45) is 6.28. The van der Waals surface area contributed by atoms with Crippen LogP contribution in [-0.4, -0.2) is 30.3 Å². The molecule has 0 aromatic carbocycles. The number of nitrogens with zero attached hydrogens (tertiary/aromatic N) is 1. The van der Waals surface area contributed by atoms with Crippen LogP contribution in [0.1, 0.15) is 52.4 Å². The third-order valence-electron chi connectivity index (χ3n) is 3.73. The number of guanidine groups is 1. The molecule has 0 bridgehead atoms. The number of aliphatic hydroxyl groups is 1. The van der Waals surface area contributed by atoms with E-state index in [-0.39, 0.29) is 11.5 Å². The van der Waals surface area contributed by atoms with Gasteiger partial charge in [-0.05, 0) is 19.3 Å². The highest BCUT2D eigenvalue weighted by molar-refractivity contribution is 5.77. The van der Waals surface area contributed by atoms with Gasteiger partial charge in [0.1, 0.15) is 0 Å². The van der Waals surface area contributed by atoms with Gasteiger partial charge in [0.2, 0.25) is 0 Å². The van der Waals surface area contributed by atoms with Crippen LogP contribution in [0.3, 0.4) is 0 Å². The minimum atomic E-state index is -0.233. The number of hydrogen-bond acceptors (Lipinski definition) is 2. The highest BCUT2D eigenvalue weighted by Gasteiger charge is 2.35. The molecule has 4 heteroatoms. The Hall–Kier alpha value is -0.770. The molecule has 4 N–H and O–H groups in total. The highest BCUT2D eigenvalue weighted by Crippen LogP contribution is 2.36. The van der Waals surface area contributed by atoms with Crippen molar-refractivity contribution in [2.24, 2.45) is 16.1 Å². The van der Waals surface area contributed by atoms with Crippen LogP contribution in [0.15, 0.2) is 4.99 Å². The fourth-order valence-electron chi connectivity index (χ4n) is 2.28. The average molecular weight is 241 g/mol. The molecular weight excluding hydrogens is 214 g/mol.